The maximum absolute atomic E-state index is 11.5. The fourth-order valence-corrected chi connectivity index (χ4v) is 1.58. The van der Waals surface area contributed by atoms with Crippen molar-refractivity contribution in [2.75, 3.05) is 11.9 Å². The third kappa shape index (κ3) is 3.25. The van der Waals surface area contributed by atoms with E-state index in [1.165, 1.54) is 0 Å². The van der Waals surface area contributed by atoms with E-state index >= 15 is 0 Å². The fraction of sp³-hybridized carbons (Fsp3) is 0.364. The number of rotatable bonds is 5. The maximum atomic E-state index is 11.5. The Morgan fingerprint density at radius 1 is 1.41 bits per heavy atom. The molecule has 0 aliphatic heterocycles. The predicted octanol–water partition coefficient (Wildman–Crippen LogP) is 0.632. The van der Waals surface area contributed by atoms with E-state index in [1.54, 1.807) is 12.1 Å². The van der Waals surface area contributed by atoms with Crippen LogP contribution in [-0.4, -0.2) is 29.5 Å². The summed E-state index contributed by atoms with van der Waals surface area (Å²) in [6.45, 7) is 0.101. The fourth-order valence-electron chi connectivity index (χ4n) is 1.58. The monoisotopic (exact) mass is 235 g/mol. The van der Waals surface area contributed by atoms with Crippen molar-refractivity contribution in [2.45, 2.75) is 18.5 Å². The molecule has 2 N–H and O–H groups in total. The minimum absolute atomic E-state index is 0.101. The number of para-hydroxylation sites is 1. The van der Waals surface area contributed by atoms with E-state index in [4.69, 9.17) is 0 Å². The highest BCUT2D eigenvalue weighted by Crippen LogP contribution is 2.23. The van der Waals surface area contributed by atoms with E-state index in [0.29, 0.717) is 6.42 Å². The average molecular weight is 235 g/mol. The van der Waals surface area contributed by atoms with Crippen molar-refractivity contribution in [2.24, 2.45) is 0 Å². The molecule has 0 aromatic heterocycles. The van der Waals surface area contributed by atoms with Gasteiger partial charge in [-0.25, -0.2) is 0 Å². The van der Waals surface area contributed by atoms with Gasteiger partial charge in [-0.1, -0.05) is 18.2 Å². The molecule has 0 saturated heterocycles. The lowest BCUT2D eigenvalue weighted by Crippen LogP contribution is -2.31. The number of nitro groups is 1. The molecule has 0 bridgehead atoms. The van der Waals surface area contributed by atoms with Gasteiger partial charge in [-0.15, -0.1) is 0 Å². The van der Waals surface area contributed by atoms with Gasteiger partial charge in [0.05, 0.1) is 12.6 Å². The second-order valence-electron chi connectivity index (χ2n) is 3.99. The third-order valence-corrected chi connectivity index (χ3v) is 2.61. The normalized spacial score (nSPS) is 21.9. The molecular formula is C11H13N3O3. The summed E-state index contributed by atoms with van der Waals surface area (Å²) in [5.74, 6) is -0.190. The van der Waals surface area contributed by atoms with Crippen molar-refractivity contribution in [1.82, 2.24) is 5.32 Å². The molecule has 1 aromatic rings. The minimum atomic E-state index is -0.528. The number of nitrogens with zero attached hydrogens (tertiary/aromatic N) is 1. The van der Waals surface area contributed by atoms with Gasteiger partial charge in [0.2, 0.25) is 11.9 Å². The molecule has 1 aliphatic rings. The van der Waals surface area contributed by atoms with Gasteiger partial charge in [-0.05, 0) is 12.1 Å². The van der Waals surface area contributed by atoms with Crippen LogP contribution in [0.4, 0.5) is 5.69 Å². The SMILES string of the molecule is O=C(CNC1CC1[N+](=O)[O-])Nc1ccccc1. The smallest absolute Gasteiger partial charge is 0.238 e. The van der Waals surface area contributed by atoms with Gasteiger partial charge in [0.1, 0.15) is 0 Å². The largest absolute Gasteiger partial charge is 0.325 e. The zero-order valence-electron chi connectivity index (χ0n) is 9.13. The summed E-state index contributed by atoms with van der Waals surface area (Å²) in [5.41, 5.74) is 0.723. The van der Waals surface area contributed by atoms with Crippen LogP contribution in [0.1, 0.15) is 6.42 Å². The Balaban J connectivity index is 1.71. The number of carbonyl (C=O) groups excluding carboxylic acids is 1. The molecule has 1 aliphatic carbocycles. The number of hydrogen-bond acceptors (Lipinski definition) is 4. The minimum Gasteiger partial charge on any atom is -0.325 e. The van der Waals surface area contributed by atoms with E-state index in [-0.39, 0.29) is 23.4 Å². The first kappa shape index (κ1) is 11.5. The molecule has 1 fully saturated rings. The first-order valence-electron chi connectivity index (χ1n) is 5.38. The van der Waals surface area contributed by atoms with E-state index < -0.39 is 6.04 Å². The lowest BCUT2D eigenvalue weighted by Gasteiger charge is -2.05. The summed E-state index contributed by atoms with van der Waals surface area (Å²) < 4.78 is 0. The van der Waals surface area contributed by atoms with Gasteiger partial charge < -0.3 is 5.32 Å². The molecule has 1 aromatic carbocycles. The van der Waals surface area contributed by atoms with Gasteiger partial charge in [-0.3, -0.25) is 20.2 Å². The Labute approximate surface area is 98.2 Å². The molecule has 90 valence electrons. The van der Waals surface area contributed by atoms with Crippen molar-refractivity contribution in [3.05, 3.63) is 40.4 Å². The van der Waals surface area contributed by atoms with Gasteiger partial charge in [0.15, 0.2) is 0 Å². The van der Waals surface area contributed by atoms with Crippen molar-refractivity contribution < 1.29 is 9.72 Å². The molecule has 17 heavy (non-hydrogen) atoms. The Kier molecular flexibility index (Phi) is 3.34. The summed E-state index contributed by atoms with van der Waals surface area (Å²) in [6, 6.07) is 8.40. The number of benzene rings is 1. The highest BCUT2D eigenvalue weighted by Gasteiger charge is 2.48. The van der Waals surface area contributed by atoms with Gasteiger partial charge in [-0.2, -0.15) is 0 Å². The van der Waals surface area contributed by atoms with Crippen molar-refractivity contribution in [3.8, 4) is 0 Å². The Morgan fingerprint density at radius 2 is 2.12 bits per heavy atom. The van der Waals surface area contributed by atoms with E-state index in [0.717, 1.165) is 5.69 Å². The molecular weight excluding hydrogens is 222 g/mol. The van der Waals surface area contributed by atoms with Crippen molar-refractivity contribution in [3.63, 3.8) is 0 Å². The van der Waals surface area contributed by atoms with Crippen LogP contribution in [0.15, 0.2) is 30.3 Å². The number of nitrogens with one attached hydrogen (secondary N) is 2. The molecule has 2 rings (SSSR count). The zero-order chi connectivity index (χ0) is 12.3. The van der Waals surface area contributed by atoms with Crippen molar-refractivity contribution >= 4 is 11.6 Å². The molecule has 6 heteroatoms. The Morgan fingerprint density at radius 3 is 2.71 bits per heavy atom. The summed E-state index contributed by atoms with van der Waals surface area (Å²) in [6.07, 6.45) is 0.506. The quantitative estimate of drug-likeness (QED) is 0.579. The average Bonchev–Trinajstić information content (AvgIpc) is 3.07. The van der Waals surface area contributed by atoms with Crippen LogP contribution in [-0.2, 0) is 4.79 Å². The third-order valence-electron chi connectivity index (χ3n) is 2.61. The van der Waals surface area contributed by atoms with Crippen LogP contribution in [0.5, 0.6) is 0 Å². The molecule has 0 spiro atoms. The topological polar surface area (TPSA) is 84.3 Å². The highest BCUT2D eigenvalue weighted by molar-refractivity contribution is 5.92. The first-order chi connectivity index (χ1) is 8.16. The maximum Gasteiger partial charge on any atom is 0.238 e. The van der Waals surface area contributed by atoms with E-state index in [2.05, 4.69) is 10.6 Å². The summed E-state index contributed by atoms with van der Waals surface area (Å²) in [7, 11) is 0. The number of hydrogen-bond donors (Lipinski definition) is 2. The highest BCUT2D eigenvalue weighted by atomic mass is 16.6. The molecule has 1 amide bonds. The van der Waals surface area contributed by atoms with Crippen LogP contribution < -0.4 is 10.6 Å². The Hall–Kier alpha value is -1.95. The van der Waals surface area contributed by atoms with E-state index in [9.17, 15) is 14.9 Å². The standard InChI is InChI=1S/C11H13N3O3/c15-11(13-8-4-2-1-3-5-8)7-12-9-6-10(9)14(16)17/h1-5,9-10,12H,6-7H2,(H,13,15). The van der Waals surface area contributed by atoms with E-state index in [1.807, 2.05) is 18.2 Å². The summed E-state index contributed by atoms with van der Waals surface area (Å²) >= 11 is 0. The number of amides is 1. The van der Waals surface area contributed by atoms with Gasteiger partial charge >= 0.3 is 0 Å². The molecule has 0 radical (unpaired) electrons. The van der Waals surface area contributed by atoms with Gasteiger partial charge in [0, 0.05) is 17.0 Å². The van der Waals surface area contributed by atoms with Crippen LogP contribution in [0, 0.1) is 10.1 Å². The molecule has 0 heterocycles. The van der Waals surface area contributed by atoms with Crippen LogP contribution in [0.2, 0.25) is 0 Å². The second-order valence-corrected chi connectivity index (χ2v) is 3.99. The van der Waals surface area contributed by atoms with Crippen LogP contribution in [0.3, 0.4) is 0 Å². The molecule has 1 saturated carbocycles. The molecule has 2 unspecified atom stereocenters. The molecule has 2 atom stereocenters. The summed E-state index contributed by atoms with van der Waals surface area (Å²) in [5, 5.41) is 15.9. The van der Waals surface area contributed by atoms with Crippen LogP contribution in [0.25, 0.3) is 0 Å². The zero-order valence-corrected chi connectivity index (χ0v) is 9.13. The van der Waals surface area contributed by atoms with Gasteiger partial charge in [0.25, 0.3) is 0 Å². The second kappa shape index (κ2) is 4.92. The van der Waals surface area contributed by atoms with Crippen molar-refractivity contribution in [1.29, 1.82) is 0 Å². The lowest BCUT2D eigenvalue weighted by atomic mass is 10.3. The first-order valence-corrected chi connectivity index (χ1v) is 5.38. The number of carbonyl (C=O) groups is 1. The number of anilines is 1. The van der Waals surface area contributed by atoms with Crippen LogP contribution >= 0.6 is 0 Å². The predicted molar refractivity (Wildman–Crippen MR) is 62.3 cm³/mol. The summed E-state index contributed by atoms with van der Waals surface area (Å²) in [4.78, 5) is 21.5. The Bertz CT molecular complexity index is 421. The lowest BCUT2D eigenvalue weighted by molar-refractivity contribution is -0.496. The molecule has 6 nitrogen and oxygen atoms in total.